The summed E-state index contributed by atoms with van der Waals surface area (Å²) in [5, 5.41) is 0.523. The van der Waals surface area contributed by atoms with Crippen LogP contribution >= 0.6 is 11.6 Å². The van der Waals surface area contributed by atoms with Gasteiger partial charge in [-0.15, -0.1) is 6.42 Å². The van der Waals surface area contributed by atoms with Crippen molar-refractivity contribution >= 4 is 33.1 Å². The Balaban J connectivity index is 0.000000239. The standard InChI is InChI=1S/C19H26O4S.C12H9ClO3S/c1-5-14-21-24(20)23-18-9-7-6-8-17(18)22-16-12-10-15(11-13-16)19(2,3)4;13-10-6-8-11(9-7-10)16-17(14,15)12-4-2-1-3-5-12/h1,10-13,17-18H,6-9,14H2,2-4H3;1-9H. The van der Waals surface area contributed by atoms with Gasteiger partial charge in [0.15, 0.2) is 0 Å². The second kappa shape index (κ2) is 15.4. The van der Waals surface area contributed by atoms with E-state index in [9.17, 15) is 12.6 Å². The molecule has 0 heterocycles. The van der Waals surface area contributed by atoms with E-state index in [1.165, 1.54) is 29.8 Å². The molecule has 0 saturated heterocycles. The molecule has 0 bridgehead atoms. The minimum atomic E-state index is -3.77. The van der Waals surface area contributed by atoms with E-state index in [2.05, 4.69) is 38.8 Å². The molecule has 1 aliphatic rings. The molecule has 220 valence electrons. The second-order valence-electron chi connectivity index (χ2n) is 10.3. The highest BCUT2D eigenvalue weighted by atomic mass is 35.5. The summed E-state index contributed by atoms with van der Waals surface area (Å²) >= 11 is 3.86. The highest BCUT2D eigenvalue weighted by Gasteiger charge is 2.30. The lowest BCUT2D eigenvalue weighted by Crippen LogP contribution is -2.37. The number of hydrogen-bond donors (Lipinski definition) is 0. The average molecular weight is 619 g/mol. The van der Waals surface area contributed by atoms with Gasteiger partial charge in [-0.2, -0.15) is 12.6 Å². The molecule has 10 heteroatoms. The van der Waals surface area contributed by atoms with Crippen molar-refractivity contribution in [3.05, 3.63) is 89.4 Å². The van der Waals surface area contributed by atoms with E-state index in [4.69, 9.17) is 35.3 Å². The molecule has 1 saturated carbocycles. The fourth-order valence-corrected chi connectivity index (χ4v) is 5.70. The summed E-state index contributed by atoms with van der Waals surface area (Å²) in [6.45, 7) is 6.51. The van der Waals surface area contributed by atoms with Crippen molar-refractivity contribution in [3.8, 4) is 23.8 Å². The third kappa shape index (κ3) is 10.8. The van der Waals surface area contributed by atoms with Crippen LogP contribution in [0.4, 0.5) is 0 Å². The van der Waals surface area contributed by atoms with Crippen LogP contribution in [0.5, 0.6) is 11.5 Å². The average Bonchev–Trinajstić information content (AvgIpc) is 2.95. The number of benzene rings is 3. The number of halogens is 1. The Labute approximate surface area is 251 Å². The van der Waals surface area contributed by atoms with E-state index in [1.54, 1.807) is 30.3 Å². The molecule has 1 aliphatic carbocycles. The van der Waals surface area contributed by atoms with Crippen molar-refractivity contribution in [2.45, 2.75) is 69.0 Å². The first-order valence-corrected chi connectivity index (χ1v) is 15.9. The quantitative estimate of drug-likeness (QED) is 0.188. The maximum absolute atomic E-state index is 11.8. The fourth-order valence-electron chi connectivity index (χ4n) is 3.98. The molecular formula is C31H35ClO7S2. The normalized spacial score (nSPS) is 17.8. The van der Waals surface area contributed by atoms with Crippen LogP contribution in [0.25, 0.3) is 0 Å². The third-order valence-electron chi connectivity index (χ3n) is 6.14. The van der Waals surface area contributed by atoms with Crippen LogP contribution < -0.4 is 8.92 Å². The van der Waals surface area contributed by atoms with Crippen LogP contribution in [0.3, 0.4) is 0 Å². The molecular weight excluding hydrogens is 584 g/mol. The molecule has 0 aliphatic heterocycles. The second-order valence-corrected chi connectivity index (χ2v) is 13.1. The van der Waals surface area contributed by atoms with Gasteiger partial charge in [0, 0.05) is 5.02 Å². The van der Waals surface area contributed by atoms with Gasteiger partial charge in [0.05, 0.1) is 0 Å². The molecule has 7 nitrogen and oxygen atoms in total. The summed E-state index contributed by atoms with van der Waals surface area (Å²) in [6.07, 6.45) is 8.49. The summed E-state index contributed by atoms with van der Waals surface area (Å²) in [7, 11) is -3.77. The Kier molecular flexibility index (Phi) is 12.2. The van der Waals surface area contributed by atoms with Crippen LogP contribution in [0.2, 0.25) is 5.02 Å². The summed E-state index contributed by atoms with van der Waals surface area (Å²) in [5.74, 6) is 3.32. The lowest BCUT2D eigenvalue weighted by Gasteiger charge is -2.30. The van der Waals surface area contributed by atoms with Crippen molar-refractivity contribution in [2.75, 3.05) is 6.61 Å². The predicted molar refractivity (Wildman–Crippen MR) is 162 cm³/mol. The van der Waals surface area contributed by atoms with Gasteiger partial charge in [0.25, 0.3) is 0 Å². The van der Waals surface area contributed by atoms with E-state index in [0.29, 0.717) is 5.02 Å². The molecule has 3 aromatic rings. The van der Waals surface area contributed by atoms with Gasteiger partial charge < -0.3 is 8.92 Å². The molecule has 1 fully saturated rings. The molecule has 41 heavy (non-hydrogen) atoms. The molecule has 0 spiro atoms. The highest BCUT2D eigenvalue weighted by molar-refractivity contribution is 7.87. The highest BCUT2D eigenvalue weighted by Crippen LogP contribution is 2.29. The first-order chi connectivity index (χ1) is 19.5. The van der Waals surface area contributed by atoms with Crippen molar-refractivity contribution < 1.29 is 29.9 Å². The van der Waals surface area contributed by atoms with Crippen LogP contribution in [-0.2, 0) is 35.3 Å². The molecule has 3 aromatic carbocycles. The monoisotopic (exact) mass is 618 g/mol. The minimum absolute atomic E-state index is 0.0287. The van der Waals surface area contributed by atoms with E-state index in [-0.39, 0.29) is 34.9 Å². The number of terminal acetylenes is 1. The van der Waals surface area contributed by atoms with Crippen molar-refractivity contribution in [1.82, 2.24) is 0 Å². The maximum atomic E-state index is 11.8. The summed E-state index contributed by atoms with van der Waals surface area (Å²) in [5.41, 5.74) is 1.37. The molecule has 4 rings (SSSR count). The zero-order chi connectivity index (χ0) is 29.9. The van der Waals surface area contributed by atoms with Gasteiger partial charge in [0.1, 0.15) is 35.2 Å². The largest absolute Gasteiger partial charge is 0.488 e. The van der Waals surface area contributed by atoms with Crippen molar-refractivity contribution in [2.24, 2.45) is 0 Å². The summed E-state index contributed by atoms with van der Waals surface area (Å²) in [6, 6.07) is 22.2. The Hall–Kier alpha value is -2.87. The zero-order valence-electron chi connectivity index (χ0n) is 23.3. The lowest BCUT2D eigenvalue weighted by molar-refractivity contribution is 0.0239. The van der Waals surface area contributed by atoms with Crippen molar-refractivity contribution in [1.29, 1.82) is 0 Å². The van der Waals surface area contributed by atoms with Crippen LogP contribution in [0, 0.1) is 12.3 Å². The third-order valence-corrected chi connectivity index (χ3v) is 8.37. The minimum Gasteiger partial charge on any atom is -0.488 e. The molecule has 3 atom stereocenters. The molecule has 0 aromatic heterocycles. The topological polar surface area (TPSA) is 88.1 Å². The van der Waals surface area contributed by atoms with Crippen LogP contribution in [0.15, 0.2) is 83.8 Å². The van der Waals surface area contributed by atoms with Gasteiger partial charge in [0.2, 0.25) is 0 Å². The lowest BCUT2D eigenvalue weighted by atomic mass is 9.87. The number of hydrogen-bond acceptors (Lipinski definition) is 7. The van der Waals surface area contributed by atoms with Crippen LogP contribution in [0.1, 0.15) is 52.0 Å². The molecule has 3 unspecified atom stereocenters. The first-order valence-electron chi connectivity index (χ1n) is 13.2. The van der Waals surface area contributed by atoms with Gasteiger partial charge in [-0.05, 0) is 78.8 Å². The Bertz CT molecular complexity index is 1400. The SMILES string of the molecule is C#CCOS(=O)OC1CCCCC1Oc1ccc(C(C)(C)C)cc1.O=S(=O)(Oc1ccc(Cl)cc1)c1ccccc1. The first kappa shape index (κ1) is 32.6. The number of ether oxygens (including phenoxy) is 1. The zero-order valence-corrected chi connectivity index (χ0v) is 25.7. The van der Waals surface area contributed by atoms with Gasteiger partial charge in [-0.25, -0.2) is 0 Å². The van der Waals surface area contributed by atoms with E-state index in [1.807, 2.05) is 12.1 Å². The molecule has 0 radical (unpaired) electrons. The summed E-state index contributed by atoms with van der Waals surface area (Å²) in [4.78, 5) is 0.120. The maximum Gasteiger partial charge on any atom is 0.339 e. The Morgan fingerprint density at radius 3 is 2.07 bits per heavy atom. The Morgan fingerprint density at radius 2 is 1.49 bits per heavy atom. The Morgan fingerprint density at radius 1 is 0.902 bits per heavy atom. The smallest absolute Gasteiger partial charge is 0.339 e. The van der Waals surface area contributed by atoms with Crippen molar-refractivity contribution in [3.63, 3.8) is 0 Å². The summed E-state index contributed by atoms with van der Waals surface area (Å²) < 4.78 is 56.8. The van der Waals surface area contributed by atoms with Gasteiger partial charge >= 0.3 is 21.5 Å². The number of rotatable bonds is 9. The van der Waals surface area contributed by atoms with Crippen LogP contribution in [-0.4, -0.2) is 31.4 Å². The van der Waals surface area contributed by atoms with Gasteiger partial charge in [-0.3, -0.25) is 8.37 Å². The van der Waals surface area contributed by atoms with Gasteiger partial charge in [-0.1, -0.05) is 75.0 Å². The van der Waals surface area contributed by atoms with E-state index >= 15 is 0 Å². The fraction of sp³-hybridized carbons (Fsp3) is 0.355. The van der Waals surface area contributed by atoms with E-state index < -0.39 is 21.5 Å². The van der Waals surface area contributed by atoms with E-state index in [0.717, 1.165) is 31.4 Å². The molecule has 0 amide bonds. The predicted octanol–water partition coefficient (Wildman–Crippen LogP) is 7.03. The molecule has 0 N–H and O–H groups in total.